The third-order valence-corrected chi connectivity index (χ3v) is 3.33. The molecule has 21 heavy (non-hydrogen) atoms. The van der Waals surface area contributed by atoms with E-state index in [1.807, 2.05) is 0 Å². The number of aryl methyl sites for hydroxylation is 1. The fourth-order valence-electron chi connectivity index (χ4n) is 2.14. The molecule has 0 saturated carbocycles. The summed E-state index contributed by atoms with van der Waals surface area (Å²) in [5.41, 5.74) is 0.771. The zero-order valence-corrected chi connectivity index (χ0v) is 11.2. The Hall–Kier alpha value is -2.70. The lowest BCUT2D eigenvalue weighted by Crippen LogP contribution is -2.64. The van der Waals surface area contributed by atoms with Crippen molar-refractivity contribution < 1.29 is 18.4 Å². The molecule has 1 unspecified atom stereocenters. The number of oxazole rings is 1. The van der Waals surface area contributed by atoms with Gasteiger partial charge in [0, 0.05) is 5.69 Å². The number of carbonyl (C=O) groups is 2. The van der Waals surface area contributed by atoms with Gasteiger partial charge in [-0.1, -0.05) is 0 Å². The van der Waals surface area contributed by atoms with Crippen LogP contribution in [0.25, 0.3) is 0 Å². The van der Waals surface area contributed by atoms with Gasteiger partial charge in [-0.3, -0.25) is 9.59 Å². The van der Waals surface area contributed by atoms with Crippen molar-refractivity contribution in [2.45, 2.75) is 13.0 Å². The number of aromatic nitrogens is 1. The molecular formula is C14H12FN3O3. The molecule has 7 heteroatoms. The van der Waals surface area contributed by atoms with Crippen molar-refractivity contribution in [3.63, 3.8) is 0 Å². The molecule has 2 heterocycles. The van der Waals surface area contributed by atoms with Gasteiger partial charge in [-0.05, 0) is 31.2 Å². The van der Waals surface area contributed by atoms with Crippen LogP contribution < -0.4 is 10.2 Å². The second-order valence-electron chi connectivity index (χ2n) is 4.71. The molecule has 1 fully saturated rings. The molecule has 1 aromatic heterocycles. The van der Waals surface area contributed by atoms with Crippen molar-refractivity contribution in [2.24, 2.45) is 0 Å². The Labute approximate surface area is 119 Å². The predicted molar refractivity (Wildman–Crippen MR) is 71.2 cm³/mol. The molecule has 0 spiro atoms. The first kappa shape index (κ1) is 13.3. The van der Waals surface area contributed by atoms with Gasteiger partial charge < -0.3 is 14.6 Å². The minimum Gasteiger partial charge on any atom is -0.448 e. The number of nitrogens with zero attached hydrogens (tertiary/aromatic N) is 2. The maximum absolute atomic E-state index is 12.8. The summed E-state index contributed by atoms with van der Waals surface area (Å²) in [7, 11) is 0. The van der Waals surface area contributed by atoms with E-state index in [-0.39, 0.29) is 17.4 Å². The summed E-state index contributed by atoms with van der Waals surface area (Å²) in [5.74, 6) is -0.651. The number of nitrogens with one attached hydrogen (secondary N) is 1. The van der Waals surface area contributed by atoms with E-state index in [4.69, 9.17) is 4.42 Å². The van der Waals surface area contributed by atoms with Crippen LogP contribution in [-0.4, -0.2) is 29.4 Å². The Kier molecular flexibility index (Phi) is 3.17. The first-order valence-electron chi connectivity index (χ1n) is 6.34. The molecule has 0 aliphatic carbocycles. The summed E-state index contributed by atoms with van der Waals surface area (Å²) in [6.07, 6.45) is 1.18. The third-order valence-electron chi connectivity index (χ3n) is 3.33. The van der Waals surface area contributed by atoms with Gasteiger partial charge in [-0.2, -0.15) is 0 Å². The van der Waals surface area contributed by atoms with E-state index in [1.165, 1.54) is 35.6 Å². The number of amides is 2. The van der Waals surface area contributed by atoms with Crippen LogP contribution >= 0.6 is 0 Å². The number of hydrogen-bond acceptors (Lipinski definition) is 4. The Bertz CT molecular complexity index is 696. The van der Waals surface area contributed by atoms with Gasteiger partial charge >= 0.3 is 0 Å². The van der Waals surface area contributed by atoms with Gasteiger partial charge in [0.05, 0.1) is 6.54 Å². The summed E-state index contributed by atoms with van der Waals surface area (Å²) in [6.45, 7) is 1.96. The van der Waals surface area contributed by atoms with Crippen LogP contribution in [0.2, 0.25) is 0 Å². The van der Waals surface area contributed by atoms with Crippen molar-refractivity contribution in [3.05, 3.63) is 47.9 Å². The van der Waals surface area contributed by atoms with Crippen molar-refractivity contribution in [1.29, 1.82) is 0 Å². The molecule has 1 aliphatic heterocycles. The first-order valence-corrected chi connectivity index (χ1v) is 6.34. The Morgan fingerprint density at radius 2 is 2.14 bits per heavy atom. The fourth-order valence-corrected chi connectivity index (χ4v) is 2.14. The lowest BCUT2D eigenvalue weighted by molar-refractivity contribution is -0.124. The van der Waals surface area contributed by atoms with E-state index in [1.54, 1.807) is 6.92 Å². The van der Waals surface area contributed by atoms with Crippen LogP contribution in [0.1, 0.15) is 16.2 Å². The van der Waals surface area contributed by atoms with Gasteiger partial charge in [-0.15, -0.1) is 0 Å². The summed E-state index contributed by atoms with van der Waals surface area (Å²) < 4.78 is 17.8. The van der Waals surface area contributed by atoms with Crippen LogP contribution in [0.5, 0.6) is 0 Å². The molecule has 2 amide bonds. The summed E-state index contributed by atoms with van der Waals surface area (Å²) in [5, 5.41) is 2.59. The maximum atomic E-state index is 12.8. The molecule has 1 N–H and O–H groups in total. The van der Waals surface area contributed by atoms with Crippen molar-refractivity contribution >= 4 is 17.5 Å². The van der Waals surface area contributed by atoms with Crippen LogP contribution in [0.3, 0.4) is 0 Å². The number of β-lactam (4-membered cyclic amide) rings is 1. The average Bonchev–Trinajstić information content (AvgIpc) is 2.90. The normalized spacial score (nSPS) is 17.5. The molecule has 2 aromatic rings. The highest BCUT2D eigenvalue weighted by Crippen LogP contribution is 2.22. The largest absolute Gasteiger partial charge is 0.448 e. The number of halogens is 1. The summed E-state index contributed by atoms with van der Waals surface area (Å²) in [4.78, 5) is 29.2. The third kappa shape index (κ3) is 2.37. The number of anilines is 1. The standard InChI is InChI=1S/C14H12FN3O3/c1-8-12(16-7-21-8)13(19)17-11-6-18(14(11)20)10-4-2-9(15)3-5-10/h2-5,7,11H,6H2,1H3,(H,17,19). The lowest BCUT2D eigenvalue weighted by atomic mass is 10.1. The van der Waals surface area contributed by atoms with Crippen molar-refractivity contribution in [3.8, 4) is 0 Å². The number of benzene rings is 1. The highest BCUT2D eigenvalue weighted by Gasteiger charge is 2.39. The maximum Gasteiger partial charge on any atom is 0.274 e. The molecule has 0 bridgehead atoms. The van der Waals surface area contributed by atoms with Gasteiger partial charge in [0.2, 0.25) is 0 Å². The van der Waals surface area contributed by atoms with Gasteiger partial charge in [-0.25, -0.2) is 9.37 Å². The molecule has 1 aromatic carbocycles. The van der Waals surface area contributed by atoms with Crippen LogP contribution in [0, 0.1) is 12.7 Å². The number of carbonyl (C=O) groups excluding carboxylic acids is 2. The zero-order valence-electron chi connectivity index (χ0n) is 11.2. The first-order chi connectivity index (χ1) is 10.1. The molecule has 3 rings (SSSR count). The van der Waals surface area contributed by atoms with Crippen LogP contribution in [0.15, 0.2) is 35.1 Å². The van der Waals surface area contributed by atoms with Crippen LogP contribution in [-0.2, 0) is 4.79 Å². The van der Waals surface area contributed by atoms with Crippen molar-refractivity contribution in [2.75, 3.05) is 11.4 Å². The molecule has 0 radical (unpaired) electrons. The molecular weight excluding hydrogens is 277 g/mol. The van der Waals surface area contributed by atoms with Gasteiger partial charge in [0.1, 0.15) is 17.6 Å². The number of rotatable bonds is 3. The smallest absolute Gasteiger partial charge is 0.274 e. The lowest BCUT2D eigenvalue weighted by Gasteiger charge is -2.38. The highest BCUT2D eigenvalue weighted by atomic mass is 19.1. The Balaban J connectivity index is 1.63. The van der Waals surface area contributed by atoms with E-state index >= 15 is 0 Å². The van der Waals surface area contributed by atoms with Crippen LogP contribution in [0.4, 0.5) is 10.1 Å². The minimum atomic E-state index is -0.598. The Morgan fingerprint density at radius 3 is 2.71 bits per heavy atom. The molecule has 1 atom stereocenters. The quantitative estimate of drug-likeness (QED) is 0.863. The monoisotopic (exact) mass is 289 g/mol. The molecule has 1 saturated heterocycles. The predicted octanol–water partition coefficient (Wildman–Crippen LogP) is 1.27. The van der Waals surface area contributed by atoms with Crippen molar-refractivity contribution in [1.82, 2.24) is 10.3 Å². The Morgan fingerprint density at radius 1 is 1.43 bits per heavy atom. The molecule has 1 aliphatic rings. The summed E-state index contributed by atoms with van der Waals surface area (Å²) >= 11 is 0. The average molecular weight is 289 g/mol. The zero-order chi connectivity index (χ0) is 15.0. The highest BCUT2D eigenvalue weighted by molar-refractivity contribution is 6.07. The van der Waals surface area contributed by atoms with E-state index in [2.05, 4.69) is 10.3 Å². The van der Waals surface area contributed by atoms with Gasteiger partial charge in [0.25, 0.3) is 11.8 Å². The molecule has 6 nitrogen and oxygen atoms in total. The fraction of sp³-hybridized carbons (Fsp3) is 0.214. The van der Waals surface area contributed by atoms with E-state index < -0.39 is 11.9 Å². The SMILES string of the molecule is Cc1ocnc1C(=O)NC1CN(c2ccc(F)cc2)C1=O. The minimum absolute atomic E-state index is 0.169. The van der Waals surface area contributed by atoms with E-state index in [9.17, 15) is 14.0 Å². The number of hydrogen-bond donors (Lipinski definition) is 1. The summed E-state index contributed by atoms with van der Waals surface area (Å²) in [6, 6.07) is 5.01. The van der Waals surface area contributed by atoms with Gasteiger partial charge in [0.15, 0.2) is 12.1 Å². The van der Waals surface area contributed by atoms with E-state index in [0.29, 0.717) is 18.0 Å². The van der Waals surface area contributed by atoms with E-state index in [0.717, 1.165) is 0 Å². The second-order valence-corrected chi connectivity index (χ2v) is 4.71. The molecule has 108 valence electrons. The topological polar surface area (TPSA) is 75.4 Å². The second kappa shape index (κ2) is 5.01.